The van der Waals surface area contributed by atoms with Gasteiger partial charge >= 0.3 is 0 Å². The number of fused-ring (bicyclic) bond motifs is 1. The van der Waals surface area contributed by atoms with E-state index in [0.29, 0.717) is 17.9 Å². The third-order valence-electron chi connectivity index (χ3n) is 4.60. The normalized spacial score (nSPS) is 11.0. The molecule has 0 saturated heterocycles. The first-order valence-electron chi connectivity index (χ1n) is 9.52. The van der Waals surface area contributed by atoms with Crippen molar-refractivity contribution in [3.63, 3.8) is 0 Å². The summed E-state index contributed by atoms with van der Waals surface area (Å²) in [7, 11) is 0. The Morgan fingerprint density at radius 2 is 1.90 bits per heavy atom. The largest absolute Gasteiger partial charge is 0.369 e. The van der Waals surface area contributed by atoms with Crippen molar-refractivity contribution in [3.05, 3.63) is 46.5 Å². The molecule has 30 heavy (non-hydrogen) atoms. The molecule has 2 heterocycles. The number of hydrogen-bond donors (Lipinski definition) is 4. The van der Waals surface area contributed by atoms with E-state index < -0.39 is 5.56 Å². The maximum Gasteiger partial charge on any atom is 0.280 e. The molecule has 11 nitrogen and oxygen atoms in total. The molecule has 5 N–H and O–H groups in total. The van der Waals surface area contributed by atoms with Gasteiger partial charge in [-0.05, 0) is 37.4 Å². The molecule has 0 radical (unpaired) electrons. The molecule has 1 aromatic carbocycles. The summed E-state index contributed by atoms with van der Waals surface area (Å²) < 4.78 is 1.44. The molecule has 0 saturated carbocycles. The van der Waals surface area contributed by atoms with Gasteiger partial charge in [-0.1, -0.05) is 13.8 Å². The molecule has 3 aromatic rings. The number of anilines is 2. The first kappa shape index (κ1) is 21.0. The van der Waals surface area contributed by atoms with Gasteiger partial charge in [0.25, 0.3) is 11.5 Å². The van der Waals surface area contributed by atoms with Crippen LogP contribution in [0.15, 0.2) is 35.4 Å². The maximum absolute atomic E-state index is 12.4. The number of nitrogens with zero attached hydrogens (tertiary/aromatic N) is 4. The summed E-state index contributed by atoms with van der Waals surface area (Å²) in [5, 5.41) is 5.60. The Balaban J connectivity index is 1.61. The third kappa shape index (κ3) is 4.81. The molecule has 0 bridgehead atoms. The number of nitrogens with one attached hydrogen (secondary N) is 3. The lowest BCUT2D eigenvalue weighted by Crippen LogP contribution is -2.37. The van der Waals surface area contributed by atoms with Crippen LogP contribution in [0.1, 0.15) is 24.2 Å². The average molecular weight is 412 g/mol. The predicted octanol–water partition coefficient (Wildman–Crippen LogP) is 0.370. The fourth-order valence-electron chi connectivity index (χ4n) is 2.88. The SMILES string of the molecule is CCN(CC)CNC(=O)c1ccc(NC(=O)Cn2cnc3c(=O)[nH]c(N)nc32)cc1. The van der Waals surface area contributed by atoms with Crippen molar-refractivity contribution in [1.29, 1.82) is 0 Å². The number of carbonyl (C=O) groups is 2. The molecule has 0 aliphatic rings. The van der Waals surface area contributed by atoms with Crippen molar-refractivity contribution in [3.8, 4) is 0 Å². The molecule has 2 amide bonds. The Bertz CT molecular complexity index is 1100. The van der Waals surface area contributed by atoms with Gasteiger partial charge in [-0.15, -0.1) is 0 Å². The number of hydrogen-bond acceptors (Lipinski definition) is 7. The van der Waals surface area contributed by atoms with Gasteiger partial charge in [-0.25, -0.2) is 4.98 Å². The van der Waals surface area contributed by atoms with E-state index in [1.165, 1.54) is 10.9 Å². The van der Waals surface area contributed by atoms with E-state index in [1.54, 1.807) is 24.3 Å². The van der Waals surface area contributed by atoms with E-state index in [2.05, 4.69) is 30.5 Å². The van der Waals surface area contributed by atoms with Crippen molar-refractivity contribution < 1.29 is 9.59 Å². The highest BCUT2D eigenvalue weighted by molar-refractivity contribution is 5.95. The zero-order valence-corrected chi connectivity index (χ0v) is 16.8. The lowest BCUT2D eigenvalue weighted by molar-refractivity contribution is -0.116. The second-order valence-electron chi connectivity index (χ2n) is 6.59. The van der Waals surface area contributed by atoms with Gasteiger partial charge in [-0.2, -0.15) is 4.98 Å². The van der Waals surface area contributed by atoms with Crippen molar-refractivity contribution in [2.24, 2.45) is 0 Å². The summed E-state index contributed by atoms with van der Waals surface area (Å²) >= 11 is 0. The van der Waals surface area contributed by atoms with E-state index in [9.17, 15) is 14.4 Å². The van der Waals surface area contributed by atoms with E-state index >= 15 is 0 Å². The van der Waals surface area contributed by atoms with Gasteiger partial charge in [0.1, 0.15) is 6.54 Å². The first-order chi connectivity index (χ1) is 14.4. The summed E-state index contributed by atoms with van der Waals surface area (Å²) in [6, 6.07) is 6.58. The molecule has 0 spiro atoms. The van der Waals surface area contributed by atoms with Gasteiger partial charge < -0.3 is 20.9 Å². The number of aromatic nitrogens is 4. The molecule has 0 aliphatic heterocycles. The molecule has 158 valence electrons. The monoisotopic (exact) mass is 412 g/mol. The highest BCUT2D eigenvalue weighted by Crippen LogP contribution is 2.11. The van der Waals surface area contributed by atoms with Crippen molar-refractivity contribution in [2.75, 3.05) is 30.8 Å². The zero-order chi connectivity index (χ0) is 21.7. The van der Waals surface area contributed by atoms with Crippen LogP contribution < -0.4 is 21.9 Å². The van der Waals surface area contributed by atoms with Gasteiger partial charge in [0.05, 0.1) is 13.0 Å². The summed E-state index contributed by atoms with van der Waals surface area (Å²) in [4.78, 5) is 48.8. The molecule has 0 fully saturated rings. The molecule has 11 heteroatoms. The van der Waals surface area contributed by atoms with Crippen molar-refractivity contribution >= 4 is 34.6 Å². The van der Waals surface area contributed by atoms with Crippen LogP contribution >= 0.6 is 0 Å². The molecule has 3 rings (SSSR count). The second kappa shape index (κ2) is 9.18. The smallest absolute Gasteiger partial charge is 0.280 e. The average Bonchev–Trinajstić information content (AvgIpc) is 3.11. The van der Waals surface area contributed by atoms with Crippen LogP contribution in [0.2, 0.25) is 0 Å². The number of nitrogens with two attached hydrogens (primary N) is 1. The fraction of sp³-hybridized carbons (Fsp3) is 0.316. The number of H-pyrrole nitrogens is 1. The van der Waals surface area contributed by atoms with Gasteiger partial charge in [0.2, 0.25) is 11.9 Å². The number of imidazole rings is 1. The number of rotatable bonds is 8. The van der Waals surface area contributed by atoms with Crippen molar-refractivity contribution in [1.82, 2.24) is 29.7 Å². The molecule has 2 aromatic heterocycles. The van der Waals surface area contributed by atoms with Crippen LogP contribution in [-0.4, -0.2) is 56.0 Å². The first-order valence-corrected chi connectivity index (χ1v) is 9.52. The summed E-state index contributed by atoms with van der Waals surface area (Å²) in [5.41, 5.74) is 6.46. The van der Waals surface area contributed by atoms with Crippen LogP contribution in [0.25, 0.3) is 11.2 Å². The van der Waals surface area contributed by atoms with Gasteiger partial charge in [0, 0.05) is 11.3 Å². The summed E-state index contributed by atoms with van der Waals surface area (Å²) in [6.07, 6.45) is 1.36. The van der Waals surface area contributed by atoms with Crippen LogP contribution in [0.3, 0.4) is 0 Å². The van der Waals surface area contributed by atoms with Crippen molar-refractivity contribution in [2.45, 2.75) is 20.4 Å². The van der Waals surface area contributed by atoms with Gasteiger partial charge in [-0.3, -0.25) is 24.3 Å². The lowest BCUT2D eigenvalue weighted by Gasteiger charge is -2.18. The van der Waals surface area contributed by atoms with Crippen LogP contribution in [0.5, 0.6) is 0 Å². The minimum Gasteiger partial charge on any atom is -0.369 e. The summed E-state index contributed by atoms with van der Waals surface area (Å²) in [6.45, 7) is 6.14. The highest BCUT2D eigenvalue weighted by atomic mass is 16.2. The number of carbonyl (C=O) groups excluding carboxylic acids is 2. The lowest BCUT2D eigenvalue weighted by atomic mass is 10.2. The Labute approximate surface area is 172 Å². The number of benzene rings is 1. The maximum atomic E-state index is 12.4. The third-order valence-corrected chi connectivity index (χ3v) is 4.60. The molecule has 0 atom stereocenters. The topological polar surface area (TPSA) is 151 Å². The molecule has 0 unspecified atom stereocenters. The number of nitrogen functional groups attached to an aromatic ring is 1. The minimum absolute atomic E-state index is 0.0514. The Kier molecular flexibility index (Phi) is 6.42. The fourth-order valence-corrected chi connectivity index (χ4v) is 2.88. The van der Waals surface area contributed by atoms with E-state index in [-0.39, 0.29) is 35.5 Å². The van der Waals surface area contributed by atoms with Crippen LogP contribution in [0.4, 0.5) is 11.6 Å². The quantitative estimate of drug-likeness (QED) is 0.390. The van der Waals surface area contributed by atoms with Gasteiger partial charge in [0.15, 0.2) is 11.2 Å². The zero-order valence-electron chi connectivity index (χ0n) is 16.8. The highest BCUT2D eigenvalue weighted by Gasteiger charge is 2.13. The number of amides is 2. The van der Waals surface area contributed by atoms with Crippen LogP contribution in [0, 0.1) is 0 Å². The Morgan fingerprint density at radius 1 is 1.20 bits per heavy atom. The molecular formula is C19H24N8O3. The predicted molar refractivity (Wildman–Crippen MR) is 113 cm³/mol. The summed E-state index contributed by atoms with van der Waals surface area (Å²) in [5.74, 6) is -0.572. The Morgan fingerprint density at radius 3 is 2.57 bits per heavy atom. The van der Waals surface area contributed by atoms with E-state index in [0.717, 1.165) is 13.1 Å². The molecule has 0 aliphatic carbocycles. The standard InChI is InChI=1S/C19H24N8O3/c1-3-26(4-2)10-22-17(29)12-5-7-13(8-6-12)23-14(28)9-27-11-21-15-16(27)24-19(20)25-18(15)30/h5-8,11H,3-4,9-10H2,1-2H3,(H,22,29)(H,23,28)(H3,20,24,25,30). The number of aromatic amines is 1. The Hall–Kier alpha value is -3.73. The second-order valence-corrected chi connectivity index (χ2v) is 6.59. The van der Waals surface area contributed by atoms with E-state index in [4.69, 9.17) is 5.73 Å². The minimum atomic E-state index is -0.466. The van der Waals surface area contributed by atoms with Crippen LogP contribution in [-0.2, 0) is 11.3 Å². The van der Waals surface area contributed by atoms with E-state index in [1.807, 2.05) is 13.8 Å². The molecular weight excluding hydrogens is 388 g/mol.